The number of hydrogen-bond acceptors (Lipinski definition) is 5. The SMILES string of the molecule is Cn1cnc2cc(N3CCN(Cc4cncn4C4CC4)CC3)ccc2c1=O. The van der Waals surface area contributed by atoms with E-state index < -0.39 is 0 Å². The summed E-state index contributed by atoms with van der Waals surface area (Å²) in [6.07, 6.45) is 8.16. The first-order valence-electron chi connectivity index (χ1n) is 9.62. The van der Waals surface area contributed by atoms with Crippen LogP contribution in [0.5, 0.6) is 0 Å². The molecule has 1 aliphatic carbocycles. The van der Waals surface area contributed by atoms with Gasteiger partial charge in [0.15, 0.2) is 0 Å². The lowest BCUT2D eigenvalue weighted by molar-refractivity contribution is 0.244. The van der Waals surface area contributed by atoms with Crippen LogP contribution in [0.25, 0.3) is 10.9 Å². The summed E-state index contributed by atoms with van der Waals surface area (Å²) in [6, 6.07) is 6.67. The summed E-state index contributed by atoms with van der Waals surface area (Å²) >= 11 is 0. The van der Waals surface area contributed by atoms with Crippen LogP contribution in [0.2, 0.25) is 0 Å². The van der Waals surface area contributed by atoms with Crippen molar-refractivity contribution in [1.29, 1.82) is 0 Å². The number of aryl methyl sites for hydroxylation is 1. The average molecular weight is 364 g/mol. The monoisotopic (exact) mass is 364 g/mol. The molecule has 0 unspecified atom stereocenters. The highest BCUT2D eigenvalue weighted by atomic mass is 16.1. The van der Waals surface area contributed by atoms with Crippen molar-refractivity contribution in [1.82, 2.24) is 24.0 Å². The van der Waals surface area contributed by atoms with Crippen molar-refractivity contribution in [3.05, 3.63) is 53.1 Å². The molecule has 3 heterocycles. The predicted octanol–water partition coefficient (Wildman–Crippen LogP) is 1.79. The normalized spacial score (nSPS) is 18.3. The third-order valence-corrected chi connectivity index (χ3v) is 5.71. The number of anilines is 1. The van der Waals surface area contributed by atoms with Gasteiger partial charge in [-0.25, -0.2) is 9.97 Å². The van der Waals surface area contributed by atoms with Crippen molar-refractivity contribution in [2.75, 3.05) is 31.1 Å². The van der Waals surface area contributed by atoms with Crippen molar-refractivity contribution in [2.45, 2.75) is 25.4 Å². The summed E-state index contributed by atoms with van der Waals surface area (Å²) < 4.78 is 3.87. The minimum absolute atomic E-state index is 0.00337. The molecule has 2 aliphatic rings. The molecule has 0 bridgehead atoms. The first-order chi connectivity index (χ1) is 13.2. The quantitative estimate of drug-likeness (QED) is 0.706. The zero-order chi connectivity index (χ0) is 18.4. The van der Waals surface area contributed by atoms with Gasteiger partial charge in [-0.2, -0.15) is 0 Å². The Balaban J connectivity index is 1.27. The third-order valence-electron chi connectivity index (χ3n) is 5.71. The van der Waals surface area contributed by atoms with Gasteiger partial charge in [0.2, 0.25) is 0 Å². The minimum Gasteiger partial charge on any atom is -0.369 e. The van der Waals surface area contributed by atoms with E-state index in [1.807, 2.05) is 30.7 Å². The van der Waals surface area contributed by atoms with E-state index >= 15 is 0 Å². The maximum absolute atomic E-state index is 12.2. The zero-order valence-electron chi connectivity index (χ0n) is 15.6. The summed E-state index contributed by atoms with van der Waals surface area (Å²) in [4.78, 5) is 25.8. The molecule has 1 aromatic carbocycles. The fraction of sp³-hybridized carbons (Fsp3) is 0.450. The van der Waals surface area contributed by atoms with E-state index in [4.69, 9.17) is 0 Å². The number of hydrogen-bond donors (Lipinski definition) is 0. The van der Waals surface area contributed by atoms with Gasteiger partial charge in [-0.1, -0.05) is 0 Å². The highest BCUT2D eigenvalue weighted by Gasteiger charge is 2.26. The topological polar surface area (TPSA) is 59.2 Å². The summed E-state index contributed by atoms with van der Waals surface area (Å²) in [5, 5.41) is 0.677. The second-order valence-corrected chi connectivity index (χ2v) is 7.65. The van der Waals surface area contributed by atoms with Gasteiger partial charge in [0.05, 0.1) is 29.3 Å². The molecule has 0 radical (unpaired) electrons. The molecular weight excluding hydrogens is 340 g/mol. The van der Waals surface area contributed by atoms with Gasteiger partial charge in [0, 0.05) is 57.7 Å². The van der Waals surface area contributed by atoms with E-state index in [1.165, 1.54) is 23.1 Å². The lowest BCUT2D eigenvalue weighted by Gasteiger charge is -2.36. The highest BCUT2D eigenvalue weighted by Crippen LogP contribution is 2.35. The Bertz CT molecular complexity index is 1030. The molecule has 0 spiro atoms. The number of fused-ring (bicyclic) bond motifs is 1. The van der Waals surface area contributed by atoms with Gasteiger partial charge in [0.25, 0.3) is 5.56 Å². The largest absolute Gasteiger partial charge is 0.369 e. The van der Waals surface area contributed by atoms with E-state index in [0.29, 0.717) is 11.4 Å². The van der Waals surface area contributed by atoms with E-state index in [-0.39, 0.29) is 5.56 Å². The molecule has 1 saturated heterocycles. The number of piperazine rings is 1. The molecule has 140 valence electrons. The fourth-order valence-electron chi connectivity index (χ4n) is 3.92. The fourth-order valence-corrected chi connectivity index (χ4v) is 3.92. The molecule has 0 N–H and O–H groups in total. The molecule has 5 rings (SSSR count). The van der Waals surface area contributed by atoms with Crippen LogP contribution in [0.1, 0.15) is 24.6 Å². The maximum Gasteiger partial charge on any atom is 0.260 e. The minimum atomic E-state index is 0.00337. The summed E-state index contributed by atoms with van der Waals surface area (Å²) in [5.74, 6) is 0. The van der Waals surface area contributed by atoms with Crippen LogP contribution in [0.15, 0.2) is 41.8 Å². The van der Waals surface area contributed by atoms with Crippen LogP contribution in [-0.2, 0) is 13.6 Å². The number of imidazole rings is 1. The van der Waals surface area contributed by atoms with Gasteiger partial charge in [-0.05, 0) is 31.0 Å². The van der Waals surface area contributed by atoms with Crippen LogP contribution in [0, 0.1) is 0 Å². The molecule has 7 heteroatoms. The lowest BCUT2D eigenvalue weighted by Crippen LogP contribution is -2.46. The van der Waals surface area contributed by atoms with Crippen molar-refractivity contribution in [3.8, 4) is 0 Å². The Morgan fingerprint density at radius 2 is 1.93 bits per heavy atom. The summed E-state index contributed by atoms with van der Waals surface area (Å²) in [6.45, 7) is 4.98. The molecular formula is C20H24N6O. The highest BCUT2D eigenvalue weighted by molar-refractivity contribution is 5.81. The van der Waals surface area contributed by atoms with Crippen LogP contribution in [-0.4, -0.2) is 50.2 Å². The number of nitrogens with zero attached hydrogens (tertiary/aromatic N) is 6. The standard InChI is InChI=1S/C20H24N6O/c1-23-14-22-19-10-16(4-5-18(19)20(23)27)25-8-6-24(7-9-25)12-17-11-21-13-26(17)15-2-3-15/h4-5,10-11,13-15H,2-3,6-9,12H2,1H3. The van der Waals surface area contributed by atoms with Gasteiger partial charge in [0.1, 0.15) is 0 Å². The zero-order valence-corrected chi connectivity index (χ0v) is 15.6. The Kier molecular flexibility index (Phi) is 3.97. The number of rotatable bonds is 4. The molecule has 2 fully saturated rings. The average Bonchev–Trinajstić information content (AvgIpc) is 3.44. The Labute approximate surface area is 157 Å². The van der Waals surface area contributed by atoms with Crippen molar-refractivity contribution in [2.24, 2.45) is 7.05 Å². The molecule has 1 saturated carbocycles. The van der Waals surface area contributed by atoms with Crippen LogP contribution in [0.3, 0.4) is 0 Å². The van der Waals surface area contributed by atoms with Crippen LogP contribution >= 0.6 is 0 Å². The predicted molar refractivity (Wildman–Crippen MR) is 105 cm³/mol. The van der Waals surface area contributed by atoms with E-state index in [1.54, 1.807) is 13.4 Å². The van der Waals surface area contributed by atoms with E-state index in [2.05, 4.69) is 24.3 Å². The third kappa shape index (κ3) is 3.12. The molecule has 27 heavy (non-hydrogen) atoms. The lowest BCUT2D eigenvalue weighted by atomic mass is 10.2. The second-order valence-electron chi connectivity index (χ2n) is 7.65. The molecule has 7 nitrogen and oxygen atoms in total. The molecule has 1 aliphatic heterocycles. The summed E-state index contributed by atoms with van der Waals surface area (Å²) in [7, 11) is 1.73. The molecule has 0 amide bonds. The van der Waals surface area contributed by atoms with Gasteiger partial charge in [-0.15, -0.1) is 0 Å². The molecule has 3 aromatic rings. The van der Waals surface area contributed by atoms with Crippen LogP contribution in [0.4, 0.5) is 5.69 Å². The van der Waals surface area contributed by atoms with E-state index in [9.17, 15) is 4.79 Å². The Morgan fingerprint density at radius 3 is 2.70 bits per heavy atom. The van der Waals surface area contributed by atoms with E-state index in [0.717, 1.165) is 43.9 Å². The van der Waals surface area contributed by atoms with Gasteiger partial charge in [-0.3, -0.25) is 9.69 Å². The van der Waals surface area contributed by atoms with Crippen LogP contribution < -0.4 is 10.5 Å². The first-order valence-corrected chi connectivity index (χ1v) is 9.62. The number of aromatic nitrogens is 4. The van der Waals surface area contributed by atoms with Crippen molar-refractivity contribution >= 4 is 16.6 Å². The molecule has 0 atom stereocenters. The molecule has 2 aromatic heterocycles. The summed E-state index contributed by atoms with van der Waals surface area (Å²) in [5.41, 5.74) is 3.25. The first kappa shape index (κ1) is 16.5. The Hall–Kier alpha value is -2.67. The second kappa shape index (κ2) is 6.49. The van der Waals surface area contributed by atoms with Crippen molar-refractivity contribution in [3.63, 3.8) is 0 Å². The van der Waals surface area contributed by atoms with Crippen molar-refractivity contribution < 1.29 is 0 Å². The smallest absolute Gasteiger partial charge is 0.260 e. The number of benzene rings is 1. The van der Waals surface area contributed by atoms with Gasteiger partial charge >= 0.3 is 0 Å². The maximum atomic E-state index is 12.2. The Morgan fingerprint density at radius 1 is 1.11 bits per heavy atom. The van der Waals surface area contributed by atoms with Gasteiger partial charge < -0.3 is 14.0 Å².